The Morgan fingerprint density at radius 1 is 1.04 bits per heavy atom. The van der Waals surface area contributed by atoms with Crippen molar-refractivity contribution in [3.63, 3.8) is 0 Å². The van der Waals surface area contributed by atoms with E-state index in [9.17, 15) is 0 Å². The smallest absolute Gasteiger partial charge is 0.277 e. The van der Waals surface area contributed by atoms with Crippen molar-refractivity contribution < 1.29 is 13.9 Å². The van der Waals surface area contributed by atoms with E-state index in [2.05, 4.69) is 10.2 Å². The molecule has 2 aromatic carbocycles. The van der Waals surface area contributed by atoms with E-state index in [0.717, 1.165) is 11.1 Å². The fraction of sp³-hybridized carbons (Fsp3) is 0.176. The summed E-state index contributed by atoms with van der Waals surface area (Å²) in [6.45, 7) is 1.03. The molecule has 128 valence electrons. The van der Waals surface area contributed by atoms with Crippen molar-refractivity contribution in [3.05, 3.63) is 52.0 Å². The number of nitrogens with zero attached hydrogens (tertiary/aromatic N) is 2. The zero-order valence-electron chi connectivity index (χ0n) is 12.9. The summed E-state index contributed by atoms with van der Waals surface area (Å²) in [5, 5.41) is 9.76. The van der Waals surface area contributed by atoms with Gasteiger partial charge in [0.2, 0.25) is 5.89 Å². The highest BCUT2D eigenvalue weighted by Crippen LogP contribution is 2.39. The van der Waals surface area contributed by atoms with Gasteiger partial charge in [-0.3, -0.25) is 0 Å². The van der Waals surface area contributed by atoms with Crippen molar-refractivity contribution in [2.75, 3.05) is 13.2 Å². The maximum absolute atomic E-state index is 6.25. The molecule has 0 spiro atoms. The highest BCUT2D eigenvalue weighted by molar-refractivity contribution is 7.98. The zero-order valence-corrected chi connectivity index (χ0v) is 15.2. The summed E-state index contributed by atoms with van der Waals surface area (Å²) in [7, 11) is 0. The minimum absolute atomic E-state index is 0.435. The van der Waals surface area contributed by atoms with Gasteiger partial charge in [-0.15, -0.1) is 10.2 Å². The molecule has 25 heavy (non-hydrogen) atoms. The van der Waals surface area contributed by atoms with Gasteiger partial charge in [0.1, 0.15) is 13.2 Å². The Kier molecular flexibility index (Phi) is 4.74. The van der Waals surface area contributed by atoms with Crippen LogP contribution in [0, 0.1) is 0 Å². The van der Waals surface area contributed by atoms with Crippen LogP contribution >= 0.6 is 35.0 Å². The largest absolute Gasteiger partial charge is 0.486 e. The maximum atomic E-state index is 6.25. The van der Waals surface area contributed by atoms with E-state index >= 15 is 0 Å². The fourth-order valence-corrected chi connectivity index (χ4v) is 3.57. The third kappa shape index (κ3) is 3.71. The fourth-order valence-electron chi connectivity index (χ4n) is 2.40. The predicted octanol–water partition coefficient (Wildman–Crippen LogP) is 5.11. The quantitative estimate of drug-likeness (QED) is 0.573. The van der Waals surface area contributed by atoms with Gasteiger partial charge in [-0.05, 0) is 35.9 Å². The van der Waals surface area contributed by atoms with Crippen LogP contribution in [0.25, 0.3) is 11.5 Å². The number of hydrogen-bond acceptors (Lipinski definition) is 6. The van der Waals surface area contributed by atoms with E-state index in [-0.39, 0.29) is 0 Å². The molecule has 1 aliphatic rings. The number of aromatic nitrogens is 2. The van der Waals surface area contributed by atoms with Crippen LogP contribution in [0.2, 0.25) is 10.0 Å². The molecule has 0 fully saturated rings. The molecular weight excluding hydrogens is 383 g/mol. The van der Waals surface area contributed by atoms with Crippen molar-refractivity contribution >= 4 is 35.0 Å². The highest BCUT2D eigenvalue weighted by Gasteiger charge is 2.17. The Labute approximate surface area is 158 Å². The summed E-state index contributed by atoms with van der Waals surface area (Å²) >= 11 is 13.7. The Bertz CT molecular complexity index is 917. The van der Waals surface area contributed by atoms with Gasteiger partial charge in [-0.2, -0.15) is 0 Å². The Balaban J connectivity index is 1.48. The van der Waals surface area contributed by atoms with Crippen LogP contribution in [-0.2, 0) is 5.75 Å². The summed E-state index contributed by atoms with van der Waals surface area (Å²) in [6.07, 6.45) is 0. The third-order valence-electron chi connectivity index (χ3n) is 3.50. The number of halogens is 2. The standard InChI is InChI=1S/C17H12Cl2N2O3S/c18-12-3-1-2-11(8-12)16-20-21-17(24-16)25-9-10-6-13(19)15-14(7-10)22-4-5-23-15/h1-3,6-8H,4-5,9H2. The molecule has 0 saturated heterocycles. The molecule has 0 amide bonds. The summed E-state index contributed by atoms with van der Waals surface area (Å²) in [6, 6.07) is 11.1. The molecule has 0 unspecified atom stereocenters. The van der Waals surface area contributed by atoms with Gasteiger partial charge in [-0.25, -0.2) is 0 Å². The minimum Gasteiger partial charge on any atom is -0.486 e. The highest BCUT2D eigenvalue weighted by atomic mass is 35.5. The molecule has 0 bridgehead atoms. The number of thioether (sulfide) groups is 1. The van der Waals surface area contributed by atoms with Crippen molar-refractivity contribution in [2.45, 2.75) is 11.0 Å². The molecular formula is C17H12Cl2N2O3S. The number of hydrogen-bond donors (Lipinski definition) is 0. The molecule has 0 radical (unpaired) electrons. The van der Waals surface area contributed by atoms with Crippen molar-refractivity contribution in [1.82, 2.24) is 10.2 Å². The summed E-state index contributed by atoms with van der Waals surface area (Å²) < 4.78 is 16.8. The first kappa shape index (κ1) is 16.6. The lowest BCUT2D eigenvalue weighted by Gasteiger charge is -2.20. The first-order valence-electron chi connectivity index (χ1n) is 7.49. The van der Waals surface area contributed by atoms with E-state index in [1.807, 2.05) is 24.3 Å². The van der Waals surface area contributed by atoms with Gasteiger partial charge in [0.25, 0.3) is 5.22 Å². The Hall–Kier alpha value is -1.89. The Morgan fingerprint density at radius 3 is 2.80 bits per heavy atom. The first-order chi connectivity index (χ1) is 12.2. The van der Waals surface area contributed by atoms with Crippen LogP contribution in [0.1, 0.15) is 5.56 Å². The molecule has 0 aliphatic carbocycles. The van der Waals surface area contributed by atoms with E-state index in [0.29, 0.717) is 51.6 Å². The molecule has 0 saturated carbocycles. The van der Waals surface area contributed by atoms with Crippen molar-refractivity contribution in [1.29, 1.82) is 0 Å². The molecule has 2 heterocycles. The van der Waals surface area contributed by atoms with Crippen molar-refractivity contribution in [2.24, 2.45) is 0 Å². The lowest BCUT2D eigenvalue weighted by Crippen LogP contribution is -2.15. The lowest BCUT2D eigenvalue weighted by molar-refractivity contribution is 0.171. The maximum Gasteiger partial charge on any atom is 0.277 e. The molecule has 1 aliphatic heterocycles. The topological polar surface area (TPSA) is 57.4 Å². The van der Waals surface area contributed by atoms with E-state index in [1.54, 1.807) is 12.1 Å². The number of rotatable bonds is 4. The second kappa shape index (κ2) is 7.15. The van der Waals surface area contributed by atoms with E-state index in [1.165, 1.54) is 11.8 Å². The predicted molar refractivity (Wildman–Crippen MR) is 96.7 cm³/mol. The van der Waals surface area contributed by atoms with E-state index < -0.39 is 0 Å². The second-order valence-electron chi connectivity index (χ2n) is 5.27. The van der Waals surface area contributed by atoms with Crippen LogP contribution in [0.5, 0.6) is 11.5 Å². The number of ether oxygens (including phenoxy) is 2. The van der Waals surface area contributed by atoms with Crippen LogP contribution in [-0.4, -0.2) is 23.4 Å². The van der Waals surface area contributed by atoms with Gasteiger partial charge in [0.15, 0.2) is 11.5 Å². The van der Waals surface area contributed by atoms with Crippen LogP contribution < -0.4 is 9.47 Å². The molecule has 0 atom stereocenters. The monoisotopic (exact) mass is 394 g/mol. The number of fused-ring (bicyclic) bond motifs is 1. The van der Waals surface area contributed by atoms with Gasteiger partial charge in [0.05, 0.1) is 5.02 Å². The zero-order chi connectivity index (χ0) is 17.2. The molecule has 4 rings (SSSR count). The normalized spacial score (nSPS) is 13.0. The second-order valence-corrected chi connectivity index (χ2v) is 7.04. The molecule has 3 aromatic rings. The summed E-state index contributed by atoms with van der Waals surface area (Å²) in [5.74, 6) is 2.32. The van der Waals surface area contributed by atoms with Crippen LogP contribution in [0.3, 0.4) is 0 Å². The molecule has 8 heteroatoms. The average molecular weight is 395 g/mol. The lowest BCUT2D eigenvalue weighted by atomic mass is 10.2. The molecule has 5 nitrogen and oxygen atoms in total. The molecule has 0 N–H and O–H groups in total. The van der Waals surface area contributed by atoms with Crippen LogP contribution in [0.15, 0.2) is 46.0 Å². The first-order valence-corrected chi connectivity index (χ1v) is 9.23. The van der Waals surface area contributed by atoms with Gasteiger partial charge in [0, 0.05) is 16.3 Å². The minimum atomic E-state index is 0.435. The van der Waals surface area contributed by atoms with Gasteiger partial charge < -0.3 is 13.9 Å². The van der Waals surface area contributed by atoms with E-state index in [4.69, 9.17) is 37.1 Å². The average Bonchev–Trinajstić information content (AvgIpc) is 3.09. The number of benzene rings is 2. The van der Waals surface area contributed by atoms with Gasteiger partial charge in [-0.1, -0.05) is 41.0 Å². The van der Waals surface area contributed by atoms with Crippen LogP contribution in [0.4, 0.5) is 0 Å². The Morgan fingerprint density at radius 2 is 1.92 bits per heavy atom. The SMILES string of the molecule is Clc1cccc(-c2nnc(SCc3cc(Cl)c4c(c3)OCCO4)o2)c1. The van der Waals surface area contributed by atoms with Crippen molar-refractivity contribution in [3.8, 4) is 23.0 Å². The summed E-state index contributed by atoms with van der Waals surface area (Å²) in [4.78, 5) is 0. The molecule has 1 aromatic heterocycles. The summed E-state index contributed by atoms with van der Waals surface area (Å²) in [5.41, 5.74) is 1.77. The van der Waals surface area contributed by atoms with Gasteiger partial charge >= 0.3 is 0 Å². The third-order valence-corrected chi connectivity index (χ3v) is 4.90.